The SMILES string of the molecule is CN1CCCC[C@H]1CNC(=O)c1ccc(C2CCN(C(=O)c3ccccn3)CC2)nc1. The number of piperidine rings is 2. The number of carbonyl (C=O) groups excluding carboxylic acids is 2. The van der Waals surface area contributed by atoms with Crippen LogP contribution in [0.25, 0.3) is 0 Å². The molecule has 7 nitrogen and oxygen atoms in total. The van der Waals surface area contributed by atoms with Gasteiger partial charge in [0.1, 0.15) is 5.69 Å². The Morgan fingerprint density at radius 3 is 2.55 bits per heavy atom. The van der Waals surface area contributed by atoms with Crippen molar-refractivity contribution in [2.75, 3.05) is 33.2 Å². The van der Waals surface area contributed by atoms with Crippen molar-refractivity contribution >= 4 is 11.8 Å². The summed E-state index contributed by atoms with van der Waals surface area (Å²) in [4.78, 5) is 38.0. The van der Waals surface area contributed by atoms with Crippen LogP contribution in [0.4, 0.5) is 0 Å². The minimum Gasteiger partial charge on any atom is -0.350 e. The summed E-state index contributed by atoms with van der Waals surface area (Å²) in [6, 6.07) is 9.65. The van der Waals surface area contributed by atoms with Crippen molar-refractivity contribution in [3.8, 4) is 0 Å². The maximum atomic E-state index is 12.6. The topological polar surface area (TPSA) is 78.4 Å². The molecule has 7 heteroatoms. The van der Waals surface area contributed by atoms with Gasteiger partial charge >= 0.3 is 0 Å². The molecule has 2 aliphatic rings. The van der Waals surface area contributed by atoms with Gasteiger partial charge in [0.15, 0.2) is 0 Å². The van der Waals surface area contributed by atoms with Gasteiger partial charge in [-0.2, -0.15) is 0 Å². The van der Waals surface area contributed by atoms with Crippen LogP contribution in [0.3, 0.4) is 0 Å². The Balaban J connectivity index is 1.27. The molecule has 0 unspecified atom stereocenters. The molecule has 0 saturated carbocycles. The van der Waals surface area contributed by atoms with Crippen molar-refractivity contribution in [1.29, 1.82) is 0 Å². The molecule has 2 amide bonds. The van der Waals surface area contributed by atoms with Crippen LogP contribution in [0, 0.1) is 0 Å². The van der Waals surface area contributed by atoms with E-state index < -0.39 is 0 Å². The molecule has 2 aromatic rings. The van der Waals surface area contributed by atoms with Gasteiger partial charge in [-0.25, -0.2) is 0 Å². The first-order valence-corrected chi connectivity index (χ1v) is 11.3. The zero-order valence-electron chi connectivity index (χ0n) is 18.2. The molecule has 4 rings (SSSR count). The van der Waals surface area contributed by atoms with Gasteiger partial charge in [0.2, 0.25) is 0 Å². The summed E-state index contributed by atoms with van der Waals surface area (Å²) in [7, 11) is 2.13. The third-order valence-electron chi connectivity index (χ3n) is 6.55. The predicted octanol–water partition coefficient (Wildman–Crippen LogP) is 2.71. The number of carbonyl (C=O) groups is 2. The number of hydrogen-bond acceptors (Lipinski definition) is 5. The Morgan fingerprint density at radius 1 is 1.03 bits per heavy atom. The zero-order chi connectivity index (χ0) is 21.6. The Hall–Kier alpha value is -2.80. The molecule has 0 radical (unpaired) electrons. The normalized spacial score (nSPS) is 20.4. The first-order valence-electron chi connectivity index (χ1n) is 11.3. The highest BCUT2D eigenvalue weighted by atomic mass is 16.2. The van der Waals surface area contributed by atoms with E-state index in [0.717, 1.165) is 31.5 Å². The lowest BCUT2D eigenvalue weighted by atomic mass is 9.92. The number of likely N-dealkylation sites (tertiary alicyclic amines) is 2. The summed E-state index contributed by atoms with van der Waals surface area (Å²) in [5.74, 6) is 0.234. The number of hydrogen-bond donors (Lipinski definition) is 1. The standard InChI is InChI=1S/C24H31N5O2/c1-28-13-5-3-6-20(28)17-27-23(30)19-8-9-21(26-16-19)18-10-14-29(15-11-18)24(31)22-7-2-4-12-25-22/h2,4,7-9,12,16,18,20H,3,5-6,10-11,13-15,17H2,1H3,(H,27,30)/t20-/m0/s1. The number of amides is 2. The minimum absolute atomic E-state index is 0.0114. The number of pyridine rings is 2. The molecule has 1 atom stereocenters. The average Bonchev–Trinajstić information content (AvgIpc) is 2.84. The van der Waals surface area contributed by atoms with E-state index in [1.807, 2.05) is 29.2 Å². The monoisotopic (exact) mass is 421 g/mol. The Kier molecular flexibility index (Phi) is 6.92. The van der Waals surface area contributed by atoms with Gasteiger partial charge in [-0.15, -0.1) is 0 Å². The first-order chi connectivity index (χ1) is 15.1. The second-order valence-corrected chi connectivity index (χ2v) is 8.59. The van der Waals surface area contributed by atoms with E-state index in [1.165, 1.54) is 12.8 Å². The molecule has 2 fully saturated rings. The molecule has 0 bridgehead atoms. The van der Waals surface area contributed by atoms with Crippen molar-refractivity contribution in [2.45, 2.75) is 44.1 Å². The minimum atomic E-state index is -0.0613. The van der Waals surface area contributed by atoms with Gasteiger partial charge in [0.25, 0.3) is 11.8 Å². The molecule has 164 valence electrons. The van der Waals surface area contributed by atoms with E-state index in [-0.39, 0.29) is 11.8 Å². The fraction of sp³-hybridized carbons (Fsp3) is 0.500. The molecule has 2 aliphatic heterocycles. The summed E-state index contributed by atoms with van der Waals surface area (Å²) in [5.41, 5.74) is 2.09. The first kappa shape index (κ1) is 21.4. The lowest BCUT2D eigenvalue weighted by Crippen LogP contribution is -2.44. The zero-order valence-corrected chi connectivity index (χ0v) is 18.2. The van der Waals surface area contributed by atoms with Gasteiger partial charge in [-0.05, 0) is 63.5 Å². The largest absolute Gasteiger partial charge is 0.350 e. The Bertz CT molecular complexity index is 879. The fourth-order valence-electron chi connectivity index (χ4n) is 4.53. The summed E-state index contributed by atoms with van der Waals surface area (Å²) in [5, 5.41) is 3.06. The molecule has 0 aromatic carbocycles. The average molecular weight is 422 g/mol. The Labute approximate surface area is 183 Å². The van der Waals surface area contributed by atoms with Crippen LogP contribution in [0.5, 0.6) is 0 Å². The lowest BCUT2D eigenvalue weighted by molar-refractivity contribution is 0.0705. The van der Waals surface area contributed by atoms with Gasteiger partial charge in [-0.3, -0.25) is 19.6 Å². The Morgan fingerprint density at radius 2 is 1.87 bits per heavy atom. The van der Waals surface area contributed by atoms with Gasteiger partial charge in [0.05, 0.1) is 5.56 Å². The molecule has 1 N–H and O–H groups in total. The highest BCUT2D eigenvalue weighted by molar-refractivity contribution is 5.94. The van der Waals surface area contributed by atoms with E-state index in [2.05, 4.69) is 27.2 Å². The van der Waals surface area contributed by atoms with Crippen LogP contribution in [0.1, 0.15) is 64.6 Å². The third kappa shape index (κ3) is 5.28. The molecular weight excluding hydrogens is 390 g/mol. The summed E-state index contributed by atoms with van der Waals surface area (Å²) < 4.78 is 0. The smallest absolute Gasteiger partial charge is 0.272 e. The number of aromatic nitrogens is 2. The number of likely N-dealkylation sites (N-methyl/N-ethyl adjacent to an activating group) is 1. The molecule has 4 heterocycles. The molecule has 2 saturated heterocycles. The molecule has 31 heavy (non-hydrogen) atoms. The summed E-state index contributed by atoms with van der Waals surface area (Å²) in [6.07, 6.45) is 8.66. The highest BCUT2D eigenvalue weighted by Crippen LogP contribution is 2.27. The number of nitrogens with one attached hydrogen (secondary N) is 1. The van der Waals surface area contributed by atoms with Crippen molar-refractivity contribution in [1.82, 2.24) is 25.1 Å². The van der Waals surface area contributed by atoms with E-state index in [4.69, 9.17) is 0 Å². The van der Waals surface area contributed by atoms with E-state index in [1.54, 1.807) is 18.5 Å². The summed E-state index contributed by atoms with van der Waals surface area (Å²) in [6.45, 7) is 3.17. The second-order valence-electron chi connectivity index (χ2n) is 8.59. The molecule has 0 aliphatic carbocycles. The predicted molar refractivity (Wildman–Crippen MR) is 119 cm³/mol. The van der Waals surface area contributed by atoms with Crippen LogP contribution >= 0.6 is 0 Å². The summed E-state index contributed by atoms with van der Waals surface area (Å²) >= 11 is 0. The van der Waals surface area contributed by atoms with Crippen LogP contribution in [0.15, 0.2) is 42.7 Å². The number of nitrogens with zero attached hydrogens (tertiary/aromatic N) is 4. The van der Waals surface area contributed by atoms with E-state index in [9.17, 15) is 9.59 Å². The van der Waals surface area contributed by atoms with Crippen LogP contribution in [-0.4, -0.2) is 70.9 Å². The van der Waals surface area contributed by atoms with Gasteiger partial charge in [0, 0.05) is 49.7 Å². The quantitative estimate of drug-likeness (QED) is 0.803. The van der Waals surface area contributed by atoms with E-state index >= 15 is 0 Å². The van der Waals surface area contributed by atoms with Gasteiger partial charge in [-0.1, -0.05) is 12.5 Å². The molecule has 2 aromatic heterocycles. The fourth-order valence-corrected chi connectivity index (χ4v) is 4.53. The van der Waals surface area contributed by atoms with Crippen molar-refractivity contribution in [2.24, 2.45) is 0 Å². The maximum Gasteiger partial charge on any atom is 0.272 e. The maximum absolute atomic E-state index is 12.6. The molecule has 0 spiro atoms. The lowest BCUT2D eigenvalue weighted by Gasteiger charge is -2.32. The third-order valence-corrected chi connectivity index (χ3v) is 6.55. The second kappa shape index (κ2) is 10.0. The van der Waals surface area contributed by atoms with Crippen LogP contribution < -0.4 is 5.32 Å². The number of rotatable bonds is 5. The van der Waals surface area contributed by atoms with Crippen molar-refractivity contribution in [3.05, 3.63) is 59.7 Å². The van der Waals surface area contributed by atoms with Crippen molar-refractivity contribution < 1.29 is 9.59 Å². The van der Waals surface area contributed by atoms with Crippen LogP contribution in [0.2, 0.25) is 0 Å². The van der Waals surface area contributed by atoms with E-state index in [0.29, 0.717) is 42.9 Å². The van der Waals surface area contributed by atoms with Crippen molar-refractivity contribution in [3.63, 3.8) is 0 Å². The molecular formula is C24H31N5O2. The van der Waals surface area contributed by atoms with Crippen LogP contribution in [-0.2, 0) is 0 Å². The van der Waals surface area contributed by atoms with Gasteiger partial charge < -0.3 is 15.1 Å². The highest BCUT2D eigenvalue weighted by Gasteiger charge is 2.26.